The molecule has 0 saturated carbocycles. The first-order chi connectivity index (χ1) is 9.74. The maximum absolute atomic E-state index is 10.8. The smallest absolute Gasteiger partial charge is 0.335 e. The summed E-state index contributed by atoms with van der Waals surface area (Å²) in [7, 11) is 0. The van der Waals surface area contributed by atoms with Gasteiger partial charge in [0.1, 0.15) is 0 Å². The Kier molecular flexibility index (Phi) is 3.05. The van der Waals surface area contributed by atoms with Crippen LogP contribution in [0.1, 0.15) is 10.4 Å². The molecule has 1 aromatic heterocycles. The summed E-state index contributed by atoms with van der Waals surface area (Å²) < 4.78 is 1.93. The van der Waals surface area contributed by atoms with Gasteiger partial charge in [-0.15, -0.1) is 0 Å². The lowest BCUT2D eigenvalue weighted by molar-refractivity contribution is 0.0697. The minimum Gasteiger partial charge on any atom is -0.478 e. The van der Waals surface area contributed by atoms with Gasteiger partial charge in [0.15, 0.2) is 0 Å². The standard InChI is InChI=1S/C16H12N2O2/c19-16(20)14-3-1-12(2-4-14)13-5-7-15(8-6-13)18-10-9-17-11-18/h1-11H,(H,19,20). The molecule has 4 nitrogen and oxygen atoms in total. The Balaban J connectivity index is 1.89. The van der Waals surface area contributed by atoms with Crippen molar-refractivity contribution in [2.24, 2.45) is 0 Å². The molecule has 0 atom stereocenters. The second-order valence-electron chi connectivity index (χ2n) is 4.40. The van der Waals surface area contributed by atoms with Gasteiger partial charge < -0.3 is 9.67 Å². The molecule has 0 bridgehead atoms. The highest BCUT2D eigenvalue weighted by Crippen LogP contribution is 2.21. The molecule has 0 aliphatic heterocycles. The van der Waals surface area contributed by atoms with Crippen LogP contribution in [0.3, 0.4) is 0 Å². The maximum atomic E-state index is 10.8. The SMILES string of the molecule is O=C(O)c1ccc(-c2ccc(-n3ccnc3)cc2)cc1. The molecule has 1 heterocycles. The van der Waals surface area contributed by atoms with Crippen LogP contribution in [-0.2, 0) is 0 Å². The lowest BCUT2D eigenvalue weighted by Gasteiger charge is -2.05. The molecule has 0 spiro atoms. The van der Waals surface area contributed by atoms with Gasteiger partial charge in [0.05, 0.1) is 11.9 Å². The number of hydrogen-bond donors (Lipinski definition) is 1. The normalized spacial score (nSPS) is 10.4. The van der Waals surface area contributed by atoms with Crippen molar-refractivity contribution in [3.63, 3.8) is 0 Å². The topological polar surface area (TPSA) is 55.1 Å². The highest BCUT2D eigenvalue weighted by Gasteiger charge is 2.03. The predicted molar refractivity (Wildman–Crippen MR) is 76.0 cm³/mol. The van der Waals surface area contributed by atoms with Crippen LogP contribution in [-0.4, -0.2) is 20.6 Å². The molecular formula is C16H12N2O2. The van der Waals surface area contributed by atoms with Gasteiger partial charge in [-0.05, 0) is 35.4 Å². The van der Waals surface area contributed by atoms with Crippen LogP contribution in [0, 0.1) is 0 Å². The lowest BCUT2D eigenvalue weighted by Crippen LogP contribution is -1.95. The number of benzene rings is 2. The number of nitrogens with zero attached hydrogens (tertiary/aromatic N) is 2. The maximum Gasteiger partial charge on any atom is 0.335 e. The van der Waals surface area contributed by atoms with E-state index in [0.29, 0.717) is 5.56 Å². The third-order valence-corrected chi connectivity index (χ3v) is 3.14. The number of rotatable bonds is 3. The molecule has 0 amide bonds. The Morgan fingerprint density at radius 3 is 2.05 bits per heavy atom. The van der Waals surface area contributed by atoms with Crippen molar-refractivity contribution >= 4 is 5.97 Å². The van der Waals surface area contributed by atoms with Gasteiger partial charge in [-0.3, -0.25) is 0 Å². The van der Waals surface area contributed by atoms with E-state index >= 15 is 0 Å². The number of aromatic nitrogens is 2. The van der Waals surface area contributed by atoms with Crippen molar-refractivity contribution in [2.45, 2.75) is 0 Å². The van der Waals surface area contributed by atoms with E-state index in [1.807, 2.05) is 47.2 Å². The zero-order valence-electron chi connectivity index (χ0n) is 10.6. The molecule has 0 saturated heterocycles. The summed E-state index contributed by atoms with van der Waals surface area (Å²) in [6, 6.07) is 14.9. The van der Waals surface area contributed by atoms with Gasteiger partial charge in [-0.25, -0.2) is 9.78 Å². The van der Waals surface area contributed by atoms with Crippen LogP contribution in [0.25, 0.3) is 16.8 Å². The third-order valence-electron chi connectivity index (χ3n) is 3.14. The Hall–Kier alpha value is -2.88. The van der Waals surface area contributed by atoms with Gasteiger partial charge in [0.2, 0.25) is 0 Å². The molecule has 4 heteroatoms. The lowest BCUT2D eigenvalue weighted by atomic mass is 10.0. The van der Waals surface area contributed by atoms with Gasteiger partial charge in [-0.1, -0.05) is 24.3 Å². The molecule has 0 unspecified atom stereocenters. The molecule has 0 aliphatic rings. The van der Waals surface area contributed by atoms with Crippen LogP contribution < -0.4 is 0 Å². The van der Waals surface area contributed by atoms with Crippen LogP contribution in [0.4, 0.5) is 0 Å². The molecule has 20 heavy (non-hydrogen) atoms. The zero-order valence-corrected chi connectivity index (χ0v) is 10.6. The summed E-state index contributed by atoms with van der Waals surface area (Å²) in [5.74, 6) is -0.910. The van der Waals surface area contributed by atoms with E-state index in [4.69, 9.17) is 5.11 Å². The highest BCUT2D eigenvalue weighted by molar-refractivity contribution is 5.88. The van der Waals surface area contributed by atoms with E-state index in [1.165, 1.54) is 0 Å². The van der Waals surface area contributed by atoms with Crippen molar-refractivity contribution in [1.29, 1.82) is 0 Å². The minimum atomic E-state index is -0.910. The third kappa shape index (κ3) is 2.31. The van der Waals surface area contributed by atoms with Crippen molar-refractivity contribution < 1.29 is 9.90 Å². The zero-order chi connectivity index (χ0) is 13.9. The van der Waals surface area contributed by atoms with E-state index < -0.39 is 5.97 Å². The second-order valence-corrected chi connectivity index (χ2v) is 4.40. The summed E-state index contributed by atoms with van der Waals surface area (Å²) in [5, 5.41) is 8.88. The summed E-state index contributed by atoms with van der Waals surface area (Å²) in [5.41, 5.74) is 3.37. The molecular weight excluding hydrogens is 252 g/mol. The van der Waals surface area contributed by atoms with Crippen molar-refractivity contribution in [2.75, 3.05) is 0 Å². The molecule has 98 valence electrons. The van der Waals surface area contributed by atoms with Crippen LogP contribution >= 0.6 is 0 Å². The van der Waals surface area contributed by atoms with Gasteiger partial charge in [0.25, 0.3) is 0 Å². The fourth-order valence-corrected chi connectivity index (χ4v) is 2.04. The molecule has 0 fully saturated rings. The highest BCUT2D eigenvalue weighted by atomic mass is 16.4. The summed E-state index contributed by atoms with van der Waals surface area (Å²) >= 11 is 0. The van der Waals surface area contributed by atoms with E-state index in [9.17, 15) is 4.79 Å². The number of aromatic carboxylic acids is 1. The van der Waals surface area contributed by atoms with Gasteiger partial charge in [-0.2, -0.15) is 0 Å². The van der Waals surface area contributed by atoms with Gasteiger partial charge >= 0.3 is 5.97 Å². The molecule has 2 aromatic carbocycles. The number of carboxylic acid groups (broad SMARTS) is 1. The fourth-order valence-electron chi connectivity index (χ4n) is 2.04. The largest absolute Gasteiger partial charge is 0.478 e. The second kappa shape index (κ2) is 5.01. The fraction of sp³-hybridized carbons (Fsp3) is 0. The van der Waals surface area contributed by atoms with Crippen LogP contribution in [0.15, 0.2) is 67.3 Å². The predicted octanol–water partition coefficient (Wildman–Crippen LogP) is 3.24. The van der Waals surface area contributed by atoms with E-state index in [1.54, 1.807) is 24.7 Å². The first-order valence-electron chi connectivity index (χ1n) is 6.16. The average molecular weight is 264 g/mol. The molecule has 0 radical (unpaired) electrons. The Morgan fingerprint density at radius 2 is 1.55 bits per heavy atom. The average Bonchev–Trinajstić information content (AvgIpc) is 3.02. The number of hydrogen-bond acceptors (Lipinski definition) is 2. The molecule has 1 N–H and O–H groups in total. The molecule has 3 rings (SSSR count). The summed E-state index contributed by atoms with van der Waals surface area (Å²) in [6.45, 7) is 0. The van der Waals surface area contributed by atoms with Crippen molar-refractivity contribution in [1.82, 2.24) is 9.55 Å². The summed E-state index contributed by atoms with van der Waals surface area (Å²) in [6.07, 6.45) is 5.37. The van der Waals surface area contributed by atoms with E-state index in [2.05, 4.69) is 4.98 Å². The van der Waals surface area contributed by atoms with Crippen LogP contribution in [0.5, 0.6) is 0 Å². The number of carboxylic acids is 1. The molecule has 3 aromatic rings. The van der Waals surface area contributed by atoms with E-state index in [-0.39, 0.29) is 0 Å². The quantitative estimate of drug-likeness (QED) is 0.790. The molecule has 0 aliphatic carbocycles. The van der Waals surface area contributed by atoms with Crippen molar-refractivity contribution in [3.05, 3.63) is 72.8 Å². The van der Waals surface area contributed by atoms with Crippen molar-refractivity contribution in [3.8, 4) is 16.8 Å². The Morgan fingerprint density at radius 1 is 0.950 bits per heavy atom. The number of imidazole rings is 1. The summed E-state index contributed by atoms with van der Waals surface area (Å²) in [4.78, 5) is 14.8. The van der Waals surface area contributed by atoms with Crippen LogP contribution in [0.2, 0.25) is 0 Å². The number of carbonyl (C=O) groups is 1. The Bertz CT molecular complexity index is 714. The first-order valence-corrected chi connectivity index (χ1v) is 6.16. The monoisotopic (exact) mass is 264 g/mol. The van der Waals surface area contributed by atoms with E-state index in [0.717, 1.165) is 16.8 Å². The first kappa shape index (κ1) is 12.2. The Labute approximate surface area is 116 Å². The van der Waals surface area contributed by atoms with Gasteiger partial charge in [0, 0.05) is 18.1 Å². The minimum absolute atomic E-state index is 0.295.